The zero-order chi connectivity index (χ0) is 12.8. The molecule has 0 saturated carbocycles. The van der Waals surface area contributed by atoms with E-state index in [-0.39, 0.29) is 5.91 Å². The summed E-state index contributed by atoms with van der Waals surface area (Å²) >= 11 is 1.41. The number of rotatable bonds is 5. The van der Waals surface area contributed by atoms with Crippen molar-refractivity contribution < 1.29 is 9.53 Å². The fourth-order valence-corrected chi connectivity index (χ4v) is 2.06. The first-order valence-corrected chi connectivity index (χ1v) is 6.45. The smallest absolute Gasteiger partial charge is 0.265 e. The summed E-state index contributed by atoms with van der Waals surface area (Å²) < 4.78 is 5.39. The van der Waals surface area contributed by atoms with E-state index in [2.05, 4.69) is 5.32 Å². The van der Waals surface area contributed by atoms with Crippen molar-refractivity contribution in [2.24, 2.45) is 5.73 Å². The van der Waals surface area contributed by atoms with Crippen LogP contribution in [-0.4, -0.2) is 19.1 Å². The Kier molecular flexibility index (Phi) is 4.33. The maximum atomic E-state index is 11.8. The lowest BCUT2D eigenvalue weighted by Gasteiger charge is -2.07. The molecule has 2 aromatic rings. The second-order valence-corrected chi connectivity index (χ2v) is 4.54. The van der Waals surface area contributed by atoms with Crippen LogP contribution in [0, 0.1) is 0 Å². The Hall–Kier alpha value is -1.85. The van der Waals surface area contributed by atoms with Gasteiger partial charge in [0, 0.05) is 18.3 Å². The number of carbonyl (C=O) groups is 1. The number of nitrogens with two attached hydrogens (primary N) is 1. The van der Waals surface area contributed by atoms with Gasteiger partial charge in [-0.3, -0.25) is 4.79 Å². The van der Waals surface area contributed by atoms with E-state index in [1.807, 2.05) is 29.6 Å². The molecular weight excluding hydrogens is 248 g/mol. The van der Waals surface area contributed by atoms with Crippen LogP contribution in [0.3, 0.4) is 0 Å². The van der Waals surface area contributed by atoms with Crippen LogP contribution in [0.5, 0.6) is 5.75 Å². The van der Waals surface area contributed by atoms with Crippen molar-refractivity contribution in [3.8, 4) is 5.75 Å². The average molecular weight is 262 g/mol. The Morgan fingerprint density at radius 2 is 2.22 bits per heavy atom. The van der Waals surface area contributed by atoms with Crippen molar-refractivity contribution in [2.75, 3.05) is 18.5 Å². The van der Waals surface area contributed by atoms with Gasteiger partial charge in [-0.15, -0.1) is 11.3 Å². The second-order valence-electron chi connectivity index (χ2n) is 3.60. The van der Waals surface area contributed by atoms with Gasteiger partial charge < -0.3 is 15.8 Å². The highest BCUT2D eigenvalue weighted by atomic mass is 32.1. The van der Waals surface area contributed by atoms with Gasteiger partial charge in [0.15, 0.2) is 0 Å². The molecule has 94 valence electrons. The SMILES string of the molecule is NCCOc1cccc(NC(=O)c2cccs2)c1. The molecule has 3 N–H and O–H groups in total. The Morgan fingerprint density at radius 3 is 2.94 bits per heavy atom. The van der Waals surface area contributed by atoms with Crippen LogP contribution in [-0.2, 0) is 0 Å². The molecule has 1 aromatic heterocycles. The predicted octanol–water partition coefficient (Wildman–Crippen LogP) is 2.34. The topological polar surface area (TPSA) is 64.3 Å². The van der Waals surface area contributed by atoms with E-state index in [0.717, 1.165) is 0 Å². The number of carbonyl (C=O) groups excluding carboxylic acids is 1. The number of ether oxygens (including phenoxy) is 1. The Bertz CT molecular complexity index is 511. The van der Waals surface area contributed by atoms with Crippen molar-refractivity contribution in [1.82, 2.24) is 0 Å². The van der Waals surface area contributed by atoms with Crippen LogP contribution in [0.1, 0.15) is 9.67 Å². The van der Waals surface area contributed by atoms with Crippen LogP contribution in [0.4, 0.5) is 5.69 Å². The molecule has 0 saturated heterocycles. The summed E-state index contributed by atoms with van der Waals surface area (Å²) in [5.41, 5.74) is 6.08. The third-order valence-electron chi connectivity index (χ3n) is 2.22. The minimum Gasteiger partial charge on any atom is -0.492 e. The number of nitrogens with one attached hydrogen (secondary N) is 1. The van der Waals surface area contributed by atoms with Gasteiger partial charge in [-0.25, -0.2) is 0 Å². The molecule has 0 aliphatic carbocycles. The summed E-state index contributed by atoms with van der Waals surface area (Å²) in [6.07, 6.45) is 0. The monoisotopic (exact) mass is 262 g/mol. The summed E-state index contributed by atoms with van der Waals surface area (Å²) in [5, 5.41) is 4.69. The molecule has 0 spiro atoms. The standard InChI is InChI=1S/C13H14N2O2S/c14-6-7-17-11-4-1-3-10(9-11)15-13(16)12-5-2-8-18-12/h1-5,8-9H,6-7,14H2,(H,15,16). The molecule has 1 heterocycles. The van der Waals surface area contributed by atoms with Crippen molar-refractivity contribution in [2.45, 2.75) is 0 Å². The Balaban J connectivity index is 2.03. The number of anilines is 1. The molecule has 0 aliphatic rings. The lowest BCUT2D eigenvalue weighted by molar-refractivity contribution is 0.103. The molecule has 0 unspecified atom stereocenters. The first-order valence-electron chi connectivity index (χ1n) is 5.57. The van der Waals surface area contributed by atoms with Gasteiger partial charge in [0.25, 0.3) is 5.91 Å². The van der Waals surface area contributed by atoms with E-state index in [1.54, 1.807) is 12.1 Å². The van der Waals surface area contributed by atoms with Crippen molar-refractivity contribution in [3.63, 3.8) is 0 Å². The normalized spacial score (nSPS) is 10.1. The molecule has 0 bridgehead atoms. The number of benzene rings is 1. The first-order chi connectivity index (χ1) is 8.79. The maximum Gasteiger partial charge on any atom is 0.265 e. The fourth-order valence-electron chi connectivity index (χ4n) is 1.44. The van der Waals surface area contributed by atoms with E-state index < -0.39 is 0 Å². The third kappa shape index (κ3) is 3.32. The molecular formula is C13H14N2O2S. The van der Waals surface area contributed by atoms with Gasteiger partial charge in [-0.1, -0.05) is 12.1 Å². The molecule has 18 heavy (non-hydrogen) atoms. The minimum absolute atomic E-state index is 0.110. The van der Waals surface area contributed by atoms with E-state index >= 15 is 0 Å². The van der Waals surface area contributed by atoms with Crippen LogP contribution >= 0.6 is 11.3 Å². The number of thiophene rings is 1. The Labute approximate surface area is 109 Å². The highest BCUT2D eigenvalue weighted by molar-refractivity contribution is 7.12. The third-order valence-corrected chi connectivity index (χ3v) is 3.09. The van der Waals surface area contributed by atoms with Gasteiger partial charge in [0.1, 0.15) is 12.4 Å². The van der Waals surface area contributed by atoms with Crippen LogP contribution in [0.2, 0.25) is 0 Å². The van der Waals surface area contributed by atoms with Gasteiger partial charge in [-0.05, 0) is 23.6 Å². The summed E-state index contributed by atoms with van der Waals surface area (Å²) in [6, 6.07) is 10.9. The van der Waals surface area contributed by atoms with Crippen molar-refractivity contribution >= 4 is 22.9 Å². The number of amides is 1. The van der Waals surface area contributed by atoms with E-state index in [4.69, 9.17) is 10.5 Å². The van der Waals surface area contributed by atoms with E-state index in [9.17, 15) is 4.79 Å². The largest absolute Gasteiger partial charge is 0.492 e. The number of hydrogen-bond donors (Lipinski definition) is 2. The van der Waals surface area contributed by atoms with Crippen molar-refractivity contribution in [3.05, 3.63) is 46.7 Å². The molecule has 0 aliphatic heterocycles. The highest BCUT2D eigenvalue weighted by Gasteiger charge is 2.06. The zero-order valence-corrected chi connectivity index (χ0v) is 10.6. The van der Waals surface area contributed by atoms with Gasteiger partial charge in [-0.2, -0.15) is 0 Å². The average Bonchev–Trinajstić information content (AvgIpc) is 2.91. The van der Waals surface area contributed by atoms with E-state index in [1.165, 1.54) is 11.3 Å². The molecule has 4 nitrogen and oxygen atoms in total. The van der Waals surface area contributed by atoms with Gasteiger partial charge >= 0.3 is 0 Å². The quantitative estimate of drug-likeness (QED) is 0.869. The number of hydrogen-bond acceptors (Lipinski definition) is 4. The minimum atomic E-state index is -0.110. The molecule has 1 amide bonds. The molecule has 5 heteroatoms. The zero-order valence-electron chi connectivity index (χ0n) is 9.76. The summed E-state index contributed by atoms with van der Waals surface area (Å²) in [5.74, 6) is 0.588. The molecule has 0 fully saturated rings. The maximum absolute atomic E-state index is 11.8. The van der Waals surface area contributed by atoms with Crippen LogP contribution in [0.15, 0.2) is 41.8 Å². The molecule has 0 atom stereocenters. The second kappa shape index (κ2) is 6.18. The first kappa shape index (κ1) is 12.6. The van der Waals surface area contributed by atoms with Crippen LogP contribution < -0.4 is 15.8 Å². The highest BCUT2D eigenvalue weighted by Crippen LogP contribution is 2.19. The molecule has 2 rings (SSSR count). The molecule has 1 aromatic carbocycles. The van der Waals surface area contributed by atoms with Gasteiger partial charge in [0.2, 0.25) is 0 Å². The fraction of sp³-hybridized carbons (Fsp3) is 0.154. The lowest BCUT2D eigenvalue weighted by atomic mass is 10.3. The summed E-state index contributed by atoms with van der Waals surface area (Å²) in [4.78, 5) is 12.5. The predicted molar refractivity (Wildman–Crippen MR) is 73.3 cm³/mol. The lowest BCUT2D eigenvalue weighted by Crippen LogP contribution is -2.12. The van der Waals surface area contributed by atoms with Gasteiger partial charge in [0.05, 0.1) is 4.88 Å². The molecule has 0 radical (unpaired) electrons. The van der Waals surface area contributed by atoms with Crippen LogP contribution in [0.25, 0.3) is 0 Å². The summed E-state index contributed by atoms with van der Waals surface area (Å²) in [7, 11) is 0. The van der Waals surface area contributed by atoms with Crippen molar-refractivity contribution in [1.29, 1.82) is 0 Å². The summed E-state index contributed by atoms with van der Waals surface area (Å²) in [6.45, 7) is 0.925. The Morgan fingerprint density at radius 1 is 1.33 bits per heavy atom. The van der Waals surface area contributed by atoms with E-state index in [0.29, 0.717) is 29.5 Å².